The highest BCUT2D eigenvalue weighted by Gasteiger charge is 2.37. The fourth-order valence-electron chi connectivity index (χ4n) is 3.28. The third-order valence-electron chi connectivity index (χ3n) is 4.62. The average Bonchev–Trinajstić information content (AvgIpc) is 2.40. The van der Waals surface area contributed by atoms with Crippen molar-refractivity contribution >= 4 is 5.97 Å². The Labute approximate surface area is 114 Å². The summed E-state index contributed by atoms with van der Waals surface area (Å²) in [5, 5.41) is 19.6. The lowest BCUT2D eigenvalue weighted by atomic mass is 9.78. The molecule has 0 atom stereocenters. The lowest BCUT2D eigenvalue weighted by Gasteiger charge is -2.40. The molecule has 1 heterocycles. The van der Waals surface area contributed by atoms with E-state index in [-0.39, 0.29) is 5.92 Å². The highest BCUT2D eigenvalue weighted by Crippen LogP contribution is 2.33. The Kier molecular flexibility index (Phi) is 4.81. The van der Waals surface area contributed by atoms with Gasteiger partial charge in [0.2, 0.25) is 0 Å². The highest BCUT2D eigenvalue weighted by atomic mass is 16.5. The zero-order valence-corrected chi connectivity index (χ0v) is 11.7. The van der Waals surface area contributed by atoms with E-state index in [2.05, 4.69) is 11.9 Å². The number of aliphatic carboxylic acids is 1. The number of ether oxygens (including phenoxy) is 1. The summed E-state index contributed by atoms with van der Waals surface area (Å²) in [5.41, 5.74) is -0.709. The molecule has 0 aromatic heterocycles. The number of carboxylic acids is 1. The van der Waals surface area contributed by atoms with Crippen molar-refractivity contribution in [3.8, 4) is 0 Å². The number of hydrogen-bond donors (Lipinski definition) is 2. The molecule has 19 heavy (non-hydrogen) atoms. The summed E-state index contributed by atoms with van der Waals surface area (Å²) >= 11 is 0. The average molecular weight is 271 g/mol. The molecule has 2 aliphatic rings. The zero-order valence-electron chi connectivity index (χ0n) is 11.7. The first kappa shape index (κ1) is 14.8. The summed E-state index contributed by atoms with van der Waals surface area (Å²) in [6.07, 6.45) is 4.41. The largest absolute Gasteiger partial charge is 0.481 e. The van der Waals surface area contributed by atoms with E-state index in [0.717, 1.165) is 26.1 Å². The number of rotatable bonds is 4. The predicted molar refractivity (Wildman–Crippen MR) is 71.0 cm³/mol. The Morgan fingerprint density at radius 1 is 1.26 bits per heavy atom. The summed E-state index contributed by atoms with van der Waals surface area (Å²) in [6.45, 7) is 2.24. The van der Waals surface area contributed by atoms with Crippen LogP contribution in [-0.2, 0) is 9.53 Å². The molecule has 0 amide bonds. The lowest BCUT2D eigenvalue weighted by Crippen LogP contribution is -2.49. The van der Waals surface area contributed by atoms with Crippen molar-refractivity contribution in [1.82, 2.24) is 4.90 Å². The van der Waals surface area contributed by atoms with Gasteiger partial charge in [-0.05, 0) is 45.6 Å². The zero-order chi connectivity index (χ0) is 13.9. The Bertz CT molecular complexity index is 307. The smallest absolute Gasteiger partial charge is 0.306 e. The molecule has 1 aliphatic heterocycles. The molecule has 5 nitrogen and oxygen atoms in total. The topological polar surface area (TPSA) is 70.0 Å². The summed E-state index contributed by atoms with van der Waals surface area (Å²) in [7, 11) is 2.05. The van der Waals surface area contributed by atoms with E-state index >= 15 is 0 Å². The minimum atomic E-state index is -0.722. The van der Waals surface area contributed by atoms with Gasteiger partial charge in [0.15, 0.2) is 0 Å². The fraction of sp³-hybridized carbons (Fsp3) is 0.929. The van der Waals surface area contributed by atoms with E-state index in [1.807, 2.05) is 0 Å². The number of nitrogens with zero attached hydrogens (tertiary/aromatic N) is 1. The Morgan fingerprint density at radius 2 is 1.84 bits per heavy atom. The van der Waals surface area contributed by atoms with E-state index in [0.29, 0.717) is 38.3 Å². The minimum absolute atomic E-state index is 0.270. The number of aliphatic hydroxyl groups is 1. The van der Waals surface area contributed by atoms with Crippen molar-refractivity contribution in [1.29, 1.82) is 0 Å². The monoisotopic (exact) mass is 271 g/mol. The standard InChI is InChI=1S/C14H25NO4/c1-15(12-4-8-19-9-5-12)10-14(18)6-2-11(3-7-14)13(16)17/h11-12,18H,2-10H2,1H3,(H,16,17). The van der Waals surface area contributed by atoms with Gasteiger partial charge in [0, 0.05) is 25.8 Å². The number of carboxylic acid groups (broad SMARTS) is 1. The van der Waals surface area contributed by atoms with Crippen LogP contribution in [0.3, 0.4) is 0 Å². The van der Waals surface area contributed by atoms with Crippen molar-refractivity contribution in [3.63, 3.8) is 0 Å². The molecule has 0 radical (unpaired) electrons. The molecule has 0 spiro atoms. The highest BCUT2D eigenvalue weighted by molar-refractivity contribution is 5.70. The van der Waals surface area contributed by atoms with Crippen LogP contribution < -0.4 is 0 Å². The van der Waals surface area contributed by atoms with Gasteiger partial charge in [-0.1, -0.05) is 0 Å². The van der Waals surface area contributed by atoms with Crippen molar-refractivity contribution in [2.45, 2.75) is 50.2 Å². The third-order valence-corrected chi connectivity index (χ3v) is 4.62. The molecule has 0 aromatic carbocycles. The van der Waals surface area contributed by atoms with Gasteiger partial charge in [-0.3, -0.25) is 4.79 Å². The van der Waals surface area contributed by atoms with Crippen molar-refractivity contribution in [2.75, 3.05) is 26.8 Å². The van der Waals surface area contributed by atoms with Crippen LogP contribution >= 0.6 is 0 Å². The van der Waals surface area contributed by atoms with Crippen LogP contribution in [0.1, 0.15) is 38.5 Å². The molecule has 5 heteroatoms. The molecule has 1 saturated carbocycles. The second-order valence-electron chi connectivity index (χ2n) is 6.10. The second kappa shape index (κ2) is 6.20. The molecule has 0 bridgehead atoms. The Morgan fingerprint density at radius 3 is 2.37 bits per heavy atom. The summed E-state index contributed by atoms with van der Waals surface area (Å²) in [6, 6.07) is 0.481. The van der Waals surface area contributed by atoms with Gasteiger partial charge >= 0.3 is 5.97 Å². The van der Waals surface area contributed by atoms with E-state index in [4.69, 9.17) is 9.84 Å². The molecule has 1 saturated heterocycles. The summed E-state index contributed by atoms with van der Waals surface area (Å²) in [5.74, 6) is -0.992. The van der Waals surface area contributed by atoms with Crippen molar-refractivity contribution in [3.05, 3.63) is 0 Å². The second-order valence-corrected chi connectivity index (χ2v) is 6.10. The quantitative estimate of drug-likeness (QED) is 0.801. The van der Waals surface area contributed by atoms with Gasteiger partial charge in [0.25, 0.3) is 0 Å². The molecule has 0 unspecified atom stereocenters. The number of carbonyl (C=O) groups is 1. The first-order valence-electron chi connectivity index (χ1n) is 7.23. The van der Waals surface area contributed by atoms with Crippen LogP contribution in [0.4, 0.5) is 0 Å². The van der Waals surface area contributed by atoms with E-state index in [1.165, 1.54) is 0 Å². The van der Waals surface area contributed by atoms with Gasteiger partial charge in [-0.25, -0.2) is 0 Å². The van der Waals surface area contributed by atoms with Crippen LogP contribution in [-0.4, -0.2) is 59.5 Å². The van der Waals surface area contributed by atoms with Crippen LogP contribution in [0.15, 0.2) is 0 Å². The molecule has 0 aromatic rings. The summed E-state index contributed by atoms with van der Waals surface area (Å²) in [4.78, 5) is 13.2. The van der Waals surface area contributed by atoms with Crippen LogP contribution in [0.5, 0.6) is 0 Å². The van der Waals surface area contributed by atoms with Crippen molar-refractivity contribution < 1.29 is 19.7 Å². The molecule has 2 fully saturated rings. The first-order valence-corrected chi connectivity index (χ1v) is 7.23. The molecule has 2 rings (SSSR count). The van der Waals surface area contributed by atoms with Gasteiger partial charge in [-0.2, -0.15) is 0 Å². The minimum Gasteiger partial charge on any atom is -0.481 e. The molecule has 110 valence electrons. The van der Waals surface area contributed by atoms with E-state index in [9.17, 15) is 9.90 Å². The fourth-order valence-corrected chi connectivity index (χ4v) is 3.28. The van der Waals surface area contributed by atoms with Crippen LogP contribution in [0.25, 0.3) is 0 Å². The van der Waals surface area contributed by atoms with E-state index < -0.39 is 11.6 Å². The van der Waals surface area contributed by atoms with Gasteiger partial charge in [0.05, 0.1) is 11.5 Å². The SMILES string of the molecule is CN(CC1(O)CCC(C(=O)O)CC1)C1CCOCC1. The maximum atomic E-state index is 10.9. The molecular formula is C14H25NO4. The normalized spacial score (nSPS) is 33.5. The maximum absolute atomic E-state index is 10.9. The summed E-state index contributed by atoms with van der Waals surface area (Å²) < 4.78 is 5.35. The Hall–Kier alpha value is -0.650. The molecule has 2 N–H and O–H groups in total. The van der Waals surface area contributed by atoms with Gasteiger partial charge < -0.3 is 19.8 Å². The predicted octanol–water partition coefficient (Wildman–Crippen LogP) is 1.10. The lowest BCUT2D eigenvalue weighted by molar-refractivity contribution is -0.145. The number of likely N-dealkylation sites (N-methyl/N-ethyl adjacent to an activating group) is 1. The third kappa shape index (κ3) is 3.91. The van der Waals surface area contributed by atoms with Crippen LogP contribution in [0.2, 0.25) is 0 Å². The van der Waals surface area contributed by atoms with Crippen LogP contribution in [0, 0.1) is 5.92 Å². The Balaban J connectivity index is 1.82. The van der Waals surface area contributed by atoms with E-state index in [1.54, 1.807) is 0 Å². The maximum Gasteiger partial charge on any atom is 0.306 e. The molecule has 1 aliphatic carbocycles. The van der Waals surface area contributed by atoms with Gasteiger partial charge in [-0.15, -0.1) is 0 Å². The van der Waals surface area contributed by atoms with Gasteiger partial charge in [0.1, 0.15) is 0 Å². The van der Waals surface area contributed by atoms with Crippen molar-refractivity contribution in [2.24, 2.45) is 5.92 Å². The number of hydrogen-bond acceptors (Lipinski definition) is 4. The molecular weight excluding hydrogens is 246 g/mol. The first-order chi connectivity index (χ1) is 9.00.